The highest BCUT2D eigenvalue weighted by Crippen LogP contribution is 2.19. The molecular weight excluding hydrogens is 384 g/mol. The number of imide groups is 1. The van der Waals surface area contributed by atoms with E-state index in [1.54, 1.807) is 18.5 Å². The first-order chi connectivity index (χ1) is 14.4. The van der Waals surface area contributed by atoms with E-state index in [9.17, 15) is 14.4 Å². The Bertz CT molecular complexity index is 917. The summed E-state index contributed by atoms with van der Waals surface area (Å²) >= 11 is 0. The number of ether oxygens (including phenoxy) is 1. The summed E-state index contributed by atoms with van der Waals surface area (Å²) in [6.45, 7) is 4.92. The monoisotopic (exact) mass is 412 g/mol. The van der Waals surface area contributed by atoms with Gasteiger partial charge in [0.1, 0.15) is 5.56 Å². The highest BCUT2D eigenvalue weighted by Gasteiger charge is 2.26. The lowest BCUT2D eigenvalue weighted by Gasteiger charge is -2.23. The molecule has 0 aliphatic heterocycles. The van der Waals surface area contributed by atoms with Crippen LogP contribution in [0.4, 0.5) is 4.79 Å². The summed E-state index contributed by atoms with van der Waals surface area (Å²) < 4.78 is 6.98. The van der Waals surface area contributed by atoms with Crippen molar-refractivity contribution < 1.29 is 19.1 Å². The van der Waals surface area contributed by atoms with Gasteiger partial charge in [0.05, 0.1) is 17.1 Å². The Morgan fingerprint density at radius 1 is 1.10 bits per heavy atom. The maximum atomic E-state index is 12.7. The third kappa shape index (κ3) is 5.06. The molecular formula is C22H28N4O4. The van der Waals surface area contributed by atoms with Crippen LogP contribution in [0.1, 0.15) is 60.8 Å². The van der Waals surface area contributed by atoms with Crippen LogP contribution in [-0.2, 0) is 9.53 Å². The third-order valence-corrected chi connectivity index (χ3v) is 5.33. The van der Waals surface area contributed by atoms with Crippen molar-refractivity contribution in [3.05, 3.63) is 47.3 Å². The molecule has 1 aliphatic rings. The number of para-hydroxylation sites is 1. The van der Waals surface area contributed by atoms with Crippen LogP contribution in [0, 0.1) is 13.8 Å². The highest BCUT2D eigenvalue weighted by molar-refractivity contribution is 5.99. The van der Waals surface area contributed by atoms with Crippen molar-refractivity contribution in [2.45, 2.75) is 65.0 Å². The lowest BCUT2D eigenvalue weighted by atomic mass is 9.96. The zero-order chi connectivity index (χ0) is 21.7. The molecule has 0 radical (unpaired) electrons. The number of carbonyl (C=O) groups excluding carboxylic acids is 3. The Labute approximate surface area is 176 Å². The molecule has 8 heteroatoms. The van der Waals surface area contributed by atoms with Gasteiger partial charge in [-0.15, -0.1) is 0 Å². The van der Waals surface area contributed by atoms with E-state index in [0.29, 0.717) is 17.0 Å². The van der Waals surface area contributed by atoms with Gasteiger partial charge in [0.2, 0.25) is 0 Å². The minimum absolute atomic E-state index is 0.0820. The molecule has 1 aromatic carbocycles. The number of nitrogens with one attached hydrogen (secondary N) is 2. The van der Waals surface area contributed by atoms with Gasteiger partial charge in [0, 0.05) is 6.04 Å². The van der Waals surface area contributed by atoms with Crippen molar-refractivity contribution in [3.63, 3.8) is 0 Å². The Kier molecular flexibility index (Phi) is 6.87. The second kappa shape index (κ2) is 9.56. The van der Waals surface area contributed by atoms with Gasteiger partial charge >= 0.3 is 12.0 Å². The molecule has 160 valence electrons. The lowest BCUT2D eigenvalue weighted by molar-refractivity contribution is -0.127. The predicted molar refractivity (Wildman–Crippen MR) is 111 cm³/mol. The molecule has 2 N–H and O–H groups in total. The summed E-state index contributed by atoms with van der Waals surface area (Å²) in [6, 6.07) is 8.96. The fraction of sp³-hybridized carbons (Fsp3) is 0.455. The number of urea groups is 1. The number of amides is 3. The topological polar surface area (TPSA) is 102 Å². The molecule has 1 aromatic heterocycles. The van der Waals surface area contributed by atoms with E-state index >= 15 is 0 Å². The largest absolute Gasteiger partial charge is 0.449 e. The van der Waals surface area contributed by atoms with Gasteiger partial charge in [-0.2, -0.15) is 5.10 Å². The number of esters is 1. The number of aromatic nitrogens is 2. The van der Waals surface area contributed by atoms with Crippen molar-refractivity contribution in [3.8, 4) is 5.69 Å². The van der Waals surface area contributed by atoms with Crippen molar-refractivity contribution in [1.29, 1.82) is 0 Å². The molecule has 1 aliphatic carbocycles. The third-order valence-electron chi connectivity index (χ3n) is 5.33. The molecule has 0 spiro atoms. The smallest absolute Gasteiger partial charge is 0.342 e. The molecule has 0 unspecified atom stereocenters. The van der Waals surface area contributed by atoms with E-state index in [2.05, 4.69) is 15.7 Å². The molecule has 30 heavy (non-hydrogen) atoms. The van der Waals surface area contributed by atoms with Gasteiger partial charge in [-0.05, 0) is 45.7 Å². The molecule has 0 saturated heterocycles. The average molecular weight is 412 g/mol. The van der Waals surface area contributed by atoms with Crippen LogP contribution < -0.4 is 10.6 Å². The van der Waals surface area contributed by atoms with E-state index in [4.69, 9.17) is 4.74 Å². The summed E-state index contributed by atoms with van der Waals surface area (Å²) in [5.74, 6) is -1.31. The van der Waals surface area contributed by atoms with Crippen LogP contribution in [0.15, 0.2) is 30.3 Å². The van der Waals surface area contributed by atoms with Gasteiger partial charge < -0.3 is 10.1 Å². The second-order valence-corrected chi connectivity index (χ2v) is 7.64. The van der Waals surface area contributed by atoms with Crippen molar-refractivity contribution in [1.82, 2.24) is 20.4 Å². The van der Waals surface area contributed by atoms with E-state index < -0.39 is 24.0 Å². The van der Waals surface area contributed by atoms with Gasteiger partial charge in [-0.1, -0.05) is 37.5 Å². The summed E-state index contributed by atoms with van der Waals surface area (Å²) in [4.78, 5) is 37.0. The quantitative estimate of drug-likeness (QED) is 0.734. The molecule has 8 nitrogen and oxygen atoms in total. The van der Waals surface area contributed by atoms with Crippen LogP contribution >= 0.6 is 0 Å². The van der Waals surface area contributed by atoms with Crippen molar-refractivity contribution in [2.24, 2.45) is 0 Å². The number of carbonyl (C=O) groups is 3. The number of aryl methyl sites for hydroxylation is 1. The van der Waals surface area contributed by atoms with Crippen LogP contribution in [0.2, 0.25) is 0 Å². The SMILES string of the molecule is Cc1nn(-c2ccccc2)c(C)c1C(=O)O[C@H](C)C(=O)NC(=O)NC1CCCCC1. The first-order valence-corrected chi connectivity index (χ1v) is 10.3. The molecule has 1 atom stereocenters. The van der Waals surface area contributed by atoms with Crippen LogP contribution in [0.25, 0.3) is 5.69 Å². The summed E-state index contributed by atoms with van der Waals surface area (Å²) in [6.07, 6.45) is 4.02. The van der Waals surface area contributed by atoms with Crippen LogP contribution in [0.5, 0.6) is 0 Å². The van der Waals surface area contributed by atoms with Gasteiger partial charge in [-0.25, -0.2) is 14.3 Å². The zero-order valence-corrected chi connectivity index (χ0v) is 17.6. The van der Waals surface area contributed by atoms with Gasteiger partial charge in [0.15, 0.2) is 6.10 Å². The second-order valence-electron chi connectivity index (χ2n) is 7.64. The van der Waals surface area contributed by atoms with Gasteiger partial charge in [-0.3, -0.25) is 10.1 Å². The van der Waals surface area contributed by atoms with Crippen molar-refractivity contribution >= 4 is 17.9 Å². The van der Waals surface area contributed by atoms with E-state index in [1.165, 1.54) is 13.3 Å². The molecule has 1 fully saturated rings. The van der Waals surface area contributed by atoms with Crippen LogP contribution in [0.3, 0.4) is 0 Å². The summed E-state index contributed by atoms with van der Waals surface area (Å²) in [5.41, 5.74) is 2.25. The standard InChI is InChI=1S/C22H28N4O4/c1-14-19(15(2)26(25-14)18-12-8-5-9-13-18)21(28)30-16(3)20(27)24-22(29)23-17-10-6-4-7-11-17/h5,8-9,12-13,16-17H,4,6-7,10-11H2,1-3H3,(H2,23,24,27,29)/t16-/m1/s1. The predicted octanol–water partition coefficient (Wildman–Crippen LogP) is 3.19. The lowest BCUT2D eigenvalue weighted by Crippen LogP contribution is -2.48. The first kappa shape index (κ1) is 21.5. The Morgan fingerprint density at radius 3 is 2.43 bits per heavy atom. The minimum Gasteiger partial charge on any atom is -0.449 e. The van der Waals surface area contributed by atoms with Crippen molar-refractivity contribution in [2.75, 3.05) is 0 Å². The Balaban J connectivity index is 1.60. The number of rotatable bonds is 5. The molecule has 3 rings (SSSR count). The molecule has 0 bridgehead atoms. The normalized spacial score (nSPS) is 15.3. The fourth-order valence-corrected chi connectivity index (χ4v) is 3.71. The number of hydrogen-bond acceptors (Lipinski definition) is 5. The summed E-state index contributed by atoms with van der Waals surface area (Å²) in [5, 5.41) is 9.48. The summed E-state index contributed by atoms with van der Waals surface area (Å²) in [7, 11) is 0. The zero-order valence-electron chi connectivity index (χ0n) is 17.6. The maximum Gasteiger partial charge on any atom is 0.342 e. The number of nitrogens with zero attached hydrogens (tertiary/aromatic N) is 2. The maximum absolute atomic E-state index is 12.7. The molecule has 1 heterocycles. The Morgan fingerprint density at radius 2 is 1.77 bits per heavy atom. The number of hydrogen-bond donors (Lipinski definition) is 2. The fourth-order valence-electron chi connectivity index (χ4n) is 3.71. The minimum atomic E-state index is -1.12. The average Bonchev–Trinajstić information content (AvgIpc) is 3.03. The van der Waals surface area contributed by atoms with Crippen LogP contribution in [-0.4, -0.2) is 39.8 Å². The highest BCUT2D eigenvalue weighted by atomic mass is 16.5. The first-order valence-electron chi connectivity index (χ1n) is 10.3. The molecule has 3 amide bonds. The number of benzene rings is 1. The van der Waals surface area contributed by atoms with Gasteiger partial charge in [0.25, 0.3) is 5.91 Å². The molecule has 1 saturated carbocycles. The van der Waals surface area contributed by atoms with E-state index in [-0.39, 0.29) is 6.04 Å². The Hall–Kier alpha value is -3.16. The van der Waals surface area contributed by atoms with E-state index in [1.807, 2.05) is 30.3 Å². The van der Waals surface area contributed by atoms with E-state index in [0.717, 1.165) is 31.4 Å². The molecule has 2 aromatic rings.